The minimum Gasteiger partial charge on any atom is -0.490 e. The fourth-order valence-corrected chi connectivity index (χ4v) is 3.24. The van der Waals surface area contributed by atoms with Gasteiger partial charge in [0.2, 0.25) is 5.91 Å². The van der Waals surface area contributed by atoms with E-state index in [4.69, 9.17) is 16.3 Å². The maximum atomic E-state index is 13.0. The third-order valence-electron chi connectivity index (χ3n) is 4.64. The lowest BCUT2D eigenvalue weighted by atomic mass is 9.93. The Morgan fingerprint density at radius 1 is 1.37 bits per heavy atom. The molecule has 0 radical (unpaired) electrons. The number of carbonyl (C=O) groups excluding carboxylic acids is 2. The Hall–Kier alpha value is -3.39. The highest BCUT2D eigenvalue weighted by atomic mass is 35.5. The average Bonchev–Trinajstić information content (AvgIpc) is 2.78. The topological polar surface area (TPSA) is 102 Å². The van der Waals surface area contributed by atoms with Crippen LogP contribution < -0.4 is 15.0 Å². The number of carbonyl (C=O) groups is 2. The van der Waals surface area contributed by atoms with Crippen LogP contribution in [0.5, 0.6) is 5.75 Å². The predicted molar refractivity (Wildman–Crippen MR) is 114 cm³/mol. The van der Waals surface area contributed by atoms with Gasteiger partial charge < -0.3 is 15.0 Å². The van der Waals surface area contributed by atoms with Crippen LogP contribution in [0.25, 0.3) is 0 Å². The molecular weight excluding hydrogens is 410 g/mol. The number of non-ortho nitro benzene ring substituents is 1. The number of ether oxygens (including phenoxy) is 1. The lowest BCUT2D eigenvalue weighted by molar-refractivity contribution is -0.384. The SMILES string of the molecule is C=CCN1C(=O)C(C)(C)COc2ccc(NC(=O)c3cc([N+](=O)[O-])ccc3Cl)cc21. The van der Waals surface area contributed by atoms with Crippen LogP contribution in [-0.2, 0) is 4.79 Å². The summed E-state index contributed by atoms with van der Waals surface area (Å²) in [5.41, 5.74) is -0.135. The van der Waals surface area contributed by atoms with Crippen LogP contribution in [0.1, 0.15) is 24.2 Å². The number of halogens is 1. The van der Waals surface area contributed by atoms with Gasteiger partial charge in [-0.25, -0.2) is 0 Å². The molecule has 2 aromatic rings. The summed E-state index contributed by atoms with van der Waals surface area (Å²) >= 11 is 6.05. The first-order valence-electron chi connectivity index (χ1n) is 9.09. The van der Waals surface area contributed by atoms with Gasteiger partial charge in [0.25, 0.3) is 11.6 Å². The number of hydrogen-bond acceptors (Lipinski definition) is 5. The number of rotatable bonds is 5. The zero-order valence-electron chi connectivity index (χ0n) is 16.5. The van der Waals surface area contributed by atoms with E-state index in [1.165, 1.54) is 12.1 Å². The van der Waals surface area contributed by atoms with Crippen LogP contribution in [0.2, 0.25) is 5.02 Å². The van der Waals surface area contributed by atoms with Crippen molar-refractivity contribution in [3.63, 3.8) is 0 Å². The molecule has 1 aliphatic rings. The second kappa shape index (κ2) is 8.16. The molecule has 9 heteroatoms. The Morgan fingerprint density at radius 3 is 2.77 bits per heavy atom. The molecule has 1 aliphatic heterocycles. The summed E-state index contributed by atoms with van der Waals surface area (Å²) in [6, 6.07) is 8.52. The highest BCUT2D eigenvalue weighted by Gasteiger charge is 2.37. The molecule has 1 heterocycles. The average molecular weight is 430 g/mol. The molecule has 2 aromatic carbocycles. The predicted octanol–water partition coefficient (Wildman–Crippen LogP) is 4.44. The van der Waals surface area contributed by atoms with E-state index >= 15 is 0 Å². The second-order valence-corrected chi connectivity index (χ2v) is 7.84. The van der Waals surface area contributed by atoms with Crippen LogP contribution in [-0.4, -0.2) is 29.9 Å². The van der Waals surface area contributed by atoms with Gasteiger partial charge >= 0.3 is 0 Å². The molecule has 1 N–H and O–H groups in total. The van der Waals surface area contributed by atoms with E-state index in [-0.39, 0.29) is 35.3 Å². The van der Waals surface area contributed by atoms with E-state index in [0.29, 0.717) is 17.1 Å². The zero-order chi connectivity index (χ0) is 22.1. The lowest BCUT2D eigenvalue weighted by Gasteiger charge is -2.27. The summed E-state index contributed by atoms with van der Waals surface area (Å²) in [5, 5.41) is 13.7. The molecule has 0 unspecified atom stereocenters. The fourth-order valence-electron chi connectivity index (χ4n) is 3.03. The molecule has 156 valence electrons. The third-order valence-corrected chi connectivity index (χ3v) is 4.97. The monoisotopic (exact) mass is 429 g/mol. The van der Waals surface area contributed by atoms with Gasteiger partial charge in [0.15, 0.2) is 0 Å². The fraction of sp³-hybridized carbons (Fsp3) is 0.238. The molecule has 0 atom stereocenters. The van der Waals surface area contributed by atoms with Crippen molar-refractivity contribution < 1.29 is 19.2 Å². The summed E-state index contributed by atoms with van der Waals surface area (Å²) in [5.74, 6) is -0.242. The minimum absolute atomic E-state index is 0.0304. The van der Waals surface area contributed by atoms with Gasteiger partial charge in [0.05, 0.1) is 26.6 Å². The highest BCUT2D eigenvalue weighted by Crippen LogP contribution is 2.38. The molecule has 30 heavy (non-hydrogen) atoms. The Labute approximate surface area is 178 Å². The van der Waals surface area contributed by atoms with Crippen molar-refractivity contribution in [2.45, 2.75) is 13.8 Å². The van der Waals surface area contributed by atoms with Gasteiger partial charge in [-0.2, -0.15) is 0 Å². The van der Waals surface area contributed by atoms with E-state index in [1.54, 1.807) is 43.0 Å². The molecule has 0 aliphatic carbocycles. The number of fused-ring (bicyclic) bond motifs is 1. The Bertz CT molecular complexity index is 1050. The quantitative estimate of drug-likeness (QED) is 0.430. The third kappa shape index (κ3) is 4.13. The molecule has 0 saturated heterocycles. The van der Waals surface area contributed by atoms with Gasteiger partial charge in [-0.1, -0.05) is 17.7 Å². The normalized spacial score (nSPS) is 14.9. The number of nitrogens with one attached hydrogen (secondary N) is 1. The maximum Gasteiger partial charge on any atom is 0.270 e. The molecule has 0 saturated carbocycles. The van der Waals surface area contributed by atoms with Crippen molar-refractivity contribution in [1.82, 2.24) is 0 Å². The van der Waals surface area contributed by atoms with Crippen LogP contribution in [0, 0.1) is 15.5 Å². The summed E-state index contributed by atoms with van der Waals surface area (Å²) in [6.07, 6.45) is 1.61. The first kappa shape index (κ1) is 21.3. The summed E-state index contributed by atoms with van der Waals surface area (Å²) in [6.45, 7) is 7.78. The van der Waals surface area contributed by atoms with Gasteiger partial charge in [0, 0.05) is 24.4 Å². The highest BCUT2D eigenvalue weighted by molar-refractivity contribution is 6.34. The maximum absolute atomic E-state index is 13.0. The summed E-state index contributed by atoms with van der Waals surface area (Å²) in [7, 11) is 0. The number of benzene rings is 2. The smallest absolute Gasteiger partial charge is 0.270 e. The standard InChI is InChI=1S/C21H20ClN3O5/c1-4-9-24-17-10-13(5-8-18(17)30-12-21(2,3)20(24)27)23-19(26)15-11-14(25(28)29)6-7-16(15)22/h4-8,10-11H,1,9,12H2,2-3H3,(H,23,26). The molecule has 0 fully saturated rings. The van der Waals surface area contributed by atoms with E-state index in [9.17, 15) is 19.7 Å². The van der Waals surface area contributed by atoms with Gasteiger partial charge in [-0.15, -0.1) is 6.58 Å². The van der Waals surface area contributed by atoms with Crippen molar-refractivity contribution in [3.05, 3.63) is 69.8 Å². The number of nitro benzene ring substituents is 1. The Morgan fingerprint density at radius 2 is 2.10 bits per heavy atom. The molecule has 0 aromatic heterocycles. The molecule has 0 spiro atoms. The summed E-state index contributed by atoms with van der Waals surface area (Å²) < 4.78 is 5.81. The molecule has 3 rings (SSSR count). The number of hydrogen-bond donors (Lipinski definition) is 1. The van der Waals surface area contributed by atoms with Gasteiger partial charge in [-0.3, -0.25) is 19.7 Å². The Balaban J connectivity index is 1.95. The van der Waals surface area contributed by atoms with E-state index in [2.05, 4.69) is 11.9 Å². The van der Waals surface area contributed by atoms with Crippen molar-refractivity contribution >= 4 is 40.5 Å². The lowest BCUT2D eigenvalue weighted by Crippen LogP contribution is -2.42. The van der Waals surface area contributed by atoms with E-state index in [1.807, 2.05) is 0 Å². The second-order valence-electron chi connectivity index (χ2n) is 7.43. The number of amides is 2. The minimum atomic E-state index is -0.734. The van der Waals surface area contributed by atoms with E-state index < -0.39 is 16.2 Å². The number of anilines is 2. The zero-order valence-corrected chi connectivity index (χ0v) is 17.2. The number of nitro groups is 1. The van der Waals surface area contributed by atoms with Gasteiger partial charge in [0.1, 0.15) is 12.4 Å². The van der Waals surface area contributed by atoms with Crippen LogP contribution >= 0.6 is 11.6 Å². The molecule has 2 amide bonds. The Kier molecular flexibility index (Phi) is 5.80. The first-order valence-corrected chi connectivity index (χ1v) is 9.47. The van der Waals surface area contributed by atoms with Crippen molar-refractivity contribution in [1.29, 1.82) is 0 Å². The summed E-state index contributed by atoms with van der Waals surface area (Å²) in [4.78, 5) is 37.6. The molecule has 0 bridgehead atoms. The number of nitrogens with zero attached hydrogens (tertiary/aromatic N) is 2. The van der Waals surface area contributed by atoms with E-state index in [0.717, 1.165) is 6.07 Å². The van der Waals surface area contributed by atoms with Crippen LogP contribution in [0.3, 0.4) is 0 Å². The molecule has 8 nitrogen and oxygen atoms in total. The largest absolute Gasteiger partial charge is 0.490 e. The van der Waals surface area contributed by atoms with Crippen LogP contribution in [0.15, 0.2) is 49.1 Å². The van der Waals surface area contributed by atoms with Crippen LogP contribution in [0.4, 0.5) is 17.1 Å². The van der Waals surface area contributed by atoms with Crippen molar-refractivity contribution in [3.8, 4) is 5.75 Å². The van der Waals surface area contributed by atoms with Crippen molar-refractivity contribution in [2.75, 3.05) is 23.4 Å². The molecular formula is C21H20ClN3O5. The van der Waals surface area contributed by atoms with Crippen molar-refractivity contribution in [2.24, 2.45) is 5.41 Å². The van der Waals surface area contributed by atoms with Gasteiger partial charge in [-0.05, 0) is 38.1 Å². The first-order chi connectivity index (χ1) is 14.1.